The molecule has 0 spiro atoms. The van der Waals surface area contributed by atoms with Crippen LogP contribution in [0.1, 0.15) is 22.9 Å². The molecule has 1 N–H and O–H groups in total. The van der Waals surface area contributed by atoms with Gasteiger partial charge < -0.3 is 5.32 Å². The van der Waals surface area contributed by atoms with Gasteiger partial charge in [-0.2, -0.15) is 0 Å². The van der Waals surface area contributed by atoms with E-state index in [1.807, 2.05) is 35.6 Å². The monoisotopic (exact) mass is 617 g/mol. The number of nitrogens with zero attached hydrogens (tertiary/aromatic N) is 2. The van der Waals surface area contributed by atoms with E-state index in [1.165, 1.54) is 64.3 Å². The summed E-state index contributed by atoms with van der Waals surface area (Å²) in [7, 11) is 0. The number of aliphatic imine (C=N–C) groups is 2. The van der Waals surface area contributed by atoms with Gasteiger partial charge in [-0.25, -0.2) is 9.98 Å². The molecule has 1 aliphatic carbocycles. The van der Waals surface area contributed by atoms with E-state index in [9.17, 15) is 0 Å². The zero-order valence-electron chi connectivity index (χ0n) is 25.3. The Hall–Kier alpha value is -5.84. The second-order valence-corrected chi connectivity index (χ2v) is 13.2. The summed E-state index contributed by atoms with van der Waals surface area (Å²) in [4.78, 5) is 10.2. The van der Waals surface area contributed by atoms with E-state index in [4.69, 9.17) is 9.98 Å². The summed E-state index contributed by atoms with van der Waals surface area (Å²) in [5.41, 5.74) is 10.8. The Morgan fingerprint density at radius 1 is 0.489 bits per heavy atom. The van der Waals surface area contributed by atoms with Crippen LogP contribution in [0.2, 0.25) is 0 Å². The van der Waals surface area contributed by atoms with Crippen LogP contribution in [0.25, 0.3) is 64.3 Å². The number of amidine groups is 2. The molecule has 0 saturated heterocycles. The molecule has 1 aliphatic heterocycles. The first-order chi connectivity index (χ1) is 23.3. The van der Waals surface area contributed by atoms with Crippen molar-refractivity contribution in [1.82, 2.24) is 5.32 Å². The fourth-order valence-electron chi connectivity index (χ4n) is 7.34. The Bertz CT molecular complexity index is 2580. The van der Waals surface area contributed by atoms with E-state index in [0.717, 1.165) is 28.4 Å². The normalized spacial score (nSPS) is 15.0. The molecule has 10 rings (SSSR count). The fourth-order valence-corrected chi connectivity index (χ4v) is 8.61. The van der Waals surface area contributed by atoms with Crippen LogP contribution in [0.3, 0.4) is 0 Å². The first-order valence-electron chi connectivity index (χ1n) is 16.0. The minimum atomic E-state index is -0.238. The number of benzene rings is 7. The third-order valence-electron chi connectivity index (χ3n) is 9.45. The van der Waals surface area contributed by atoms with Gasteiger partial charge in [0.15, 0.2) is 5.84 Å². The Kier molecular flexibility index (Phi) is 5.81. The maximum atomic E-state index is 5.15. The van der Waals surface area contributed by atoms with Crippen molar-refractivity contribution < 1.29 is 0 Å². The van der Waals surface area contributed by atoms with E-state index < -0.39 is 0 Å². The van der Waals surface area contributed by atoms with Gasteiger partial charge in [0.1, 0.15) is 12.0 Å². The van der Waals surface area contributed by atoms with Gasteiger partial charge in [0.25, 0.3) is 0 Å². The van der Waals surface area contributed by atoms with Gasteiger partial charge in [-0.3, -0.25) is 0 Å². The highest BCUT2D eigenvalue weighted by Gasteiger charge is 2.25. The molecule has 0 fully saturated rings. The average Bonchev–Trinajstić information content (AvgIpc) is 3.49. The number of hydrogen-bond donors (Lipinski definition) is 1. The lowest BCUT2D eigenvalue weighted by Gasteiger charge is -2.23. The standard InChI is InChI=1S/C43H27N3S/c1-3-12-26(13-4-1)41-44-42(27-14-5-2-6-15-27)46-43(45-41)30-18-9-16-28(24-30)35-25-29-17-10-21-33-31-19-7-8-20-32(31)34-22-11-23-36-38(34)39(37(29)33)40(35)47-36/h1-25,41H,(H,44,45,46). The molecule has 2 heterocycles. The zero-order chi connectivity index (χ0) is 30.9. The predicted octanol–water partition coefficient (Wildman–Crippen LogP) is 11.0. The third kappa shape index (κ3) is 4.12. The van der Waals surface area contributed by atoms with Gasteiger partial charge in [-0.15, -0.1) is 11.3 Å². The first kappa shape index (κ1) is 26.4. The molecule has 8 aromatic rings. The van der Waals surface area contributed by atoms with Gasteiger partial charge in [-0.05, 0) is 62.4 Å². The largest absolute Gasteiger partial charge is 0.344 e. The van der Waals surface area contributed by atoms with Crippen LogP contribution in [0, 0.1) is 0 Å². The van der Waals surface area contributed by atoms with Gasteiger partial charge >= 0.3 is 0 Å². The highest BCUT2D eigenvalue weighted by atomic mass is 32.1. The lowest BCUT2D eigenvalue weighted by Crippen LogP contribution is -2.33. The van der Waals surface area contributed by atoms with Crippen LogP contribution < -0.4 is 5.32 Å². The van der Waals surface area contributed by atoms with Crippen molar-refractivity contribution in [2.75, 3.05) is 0 Å². The Morgan fingerprint density at radius 3 is 1.94 bits per heavy atom. The van der Waals surface area contributed by atoms with E-state index in [2.05, 4.69) is 133 Å². The molecule has 2 aliphatic rings. The number of rotatable bonds is 4. The summed E-state index contributed by atoms with van der Waals surface area (Å²) < 4.78 is 2.64. The molecule has 220 valence electrons. The molecule has 1 aromatic heterocycles. The molecule has 0 bridgehead atoms. The Morgan fingerprint density at radius 2 is 1.13 bits per heavy atom. The molecule has 0 radical (unpaired) electrons. The molecular formula is C43H27N3S. The van der Waals surface area contributed by atoms with Crippen molar-refractivity contribution >= 4 is 54.0 Å². The Balaban J connectivity index is 1.20. The van der Waals surface area contributed by atoms with Gasteiger partial charge in [0.2, 0.25) is 0 Å². The topological polar surface area (TPSA) is 36.8 Å². The van der Waals surface area contributed by atoms with Crippen molar-refractivity contribution in [2.45, 2.75) is 6.17 Å². The summed E-state index contributed by atoms with van der Waals surface area (Å²) in [5.74, 6) is 1.55. The number of fused-ring (bicyclic) bond motifs is 3. The van der Waals surface area contributed by atoms with E-state index >= 15 is 0 Å². The number of nitrogens with one attached hydrogen (secondary N) is 1. The van der Waals surface area contributed by atoms with Crippen molar-refractivity contribution in [1.29, 1.82) is 0 Å². The molecule has 7 aromatic carbocycles. The second-order valence-electron chi connectivity index (χ2n) is 12.2. The van der Waals surface area contributed by atoms with Crippen molar-refractivity contribution in [3.63, 3.8) is 0 Å². The number of hydrogen-bond acceptors (Lipinski definition) is 4. The molecule has 0 saturated carbocycles. The maximum Gasteiger partial charge on any atom is 0.159 e. The van der Waals surface area contributed by atoms with Crippen LogP contribution in [-0.4, -0.2) is 11.7 Å². The smallest absolute Gasteiger partial charge is 0.159 e. The molecule has 1 unspecified atom stereocenters. The summed E-state index contributed by atoms with van der Waals surface area (Å²) in [5, 5.41) is 8.90. The SMILES string of the molecule is c1ccc(C2=NC(c3cccc(-c4cc5cccc6c5c5c4sc4cccc(c45)-c4ccccc4-6)c3)=NC(c3ccccc3)N2)cc1. The van der Waals surface area contributed by atoms with Crippen LogP contribution in [0.5, 0.6) is 0 Å². The first-order valence-corrected chi connectivity index (χ1v) is 16.8. The molecule has 3 nitrogen and oxygen atoms in total. The lowest BCUT2D eigenvalue weighted by molar-refractivity contribution is 0.674. The number of thiophene rings is 1. The predicted molar refractivity (Wildman–Crippen MR) is 199 cm³/mol. The summed E-state index contributed by atoms with van der Waals surface area (Å²) >= 11 is 1.90. The van der Waals surface area contributed by atoms with Gasteiger partial charge in [0, 0.05) is 36.9 Å². The maximum absolute atomic E-state index is 5.15. The highest BCUT2D eigenvalue weighted by molar-refractivity contribution is 7.26. The average molecular weight is 618 g/mol. The molecule has 1 atom stereocenters. The minimum absolute atomic E-state index is 0.238. The van der Waals surface area contributed by atoms with Crippen LogP contribution in [0.15, 0.2) is 162 Å². The minimum Gasteiger partial charge on any atom is -0.344 e. The van der Waals surface area contributed by atoms with Crippen LogP contribution in [-0.2, 0) is 0 Å². The summed E-state index contributed by atoms with van der Waals surface area (Å²) in [6.07, 6.45) is -0.238. The quantitative estimate of drug-likeness (QED) is 0.210. The molecule has 4 heteroatoms. The van der Waals surface area contributed by atoms with Crippen molar-refractivity contribution in [3.8, 4) is 33.4 Å². The van der Waals surface area contributed by atoms with Crippen molar-refractivity contribution in [3.05, 3.63) is 168 Å². The molecule has 47 heavy (non-hydrogen) atoms. The van der Waals surface area contributed by atoms with E-state index in [0.29, 0.717) is 0 Å². The zero-order valence-corrected chi connectivity index (χ0v) is 26.1. The highest BCUT2D eigenvalue weighted by Crippen LogP contribution is 2.52. The van der Waals surface area contributed by atoms with Crippen LogP contribution >= 0.6 is 11.3 Å². The van der Waals surface area contributed by atoms with Crippen molar-refractivity contribution in [2.24, 2.45) is 9.98 Å². The lowest BCUT2D eigenvalue weighted by atomic mass is 9.92. The van der Waals surface area contributed by atoms with E-state index in [1.54, 1.807) is 0 Å². The third-order valence-corrected chi connectivity index (χ3v) is 10.6. The van der Waals surface area contributed by atoms with E-state index in [-0.39, 0.29) is 6.17 Å². The summed E-state index contributed by atoms with van der Waals surface area (Å²) in [6, 6.07) is 54.2. The molecular weight excluding hydrogens is 591 g/mol. The molecule has 0 amide bonds. The van der Waals surface area contributed by atoms with Crippen LogP contribution in [0.4, 0.5) is 0 Å². The second kappa shape index (κ2) is 10.3. The van der Waals surface area contributed by atoms with Gasteiger partial charge in [0.05, 0.1) is 0 Å². The Labute approximate surface area is 276 Å². The van der Waals surface area contributed by atoms with Gasteiger partial charge in [-0.1, -0.05) is 133 Å². The summed E-state index contributed by atoms with van der Waals surface area (Å²) in [6.45, 7) is 0. The fraction of sp³-hybridized carbons (Fsp3) is 0.0233.